The van der Waals surface area contributed by atoms with Crippen molar-refractivity contribution >= 4 is 56.7 Å². The Balaban J connectivity index is 1.91. The van der Waals surface area contributed by atoms with Gasteiger partial charge in [0.05, 0.1) is 16.0 Å². The zero-order valence-corrected chi connectivity index (χ0v) is 15.9. The standard InChI is InChI=1S/C15H15IN4O3S/c1-9-7-11(16)3-5-13(9)18-10(2)15(21)19-17-8-12-4-6-14(24-12)20(22)23/h3-8,10,18H,1-2H3,(H,19,21)/b17-8-/t10-/m1/s1. The van der Waals surface area contributed by atoms with Gasteiger partial charge in [-0.1, -0.05) is 11.3 Å². The van der Waals surface area contributed by atoms with Crippen molar-refractivity contribution in [3.05, 3.63) is 54.5 Å². The Labute approximate surface area is 156 Å². The van der Waals surface area contributed by atoms with Gasteiger partial charge in [0.15, 0.2) is 0 Å². The van der Waals surface area contributed by atoms with Crippen molar-refractivity contribution in [3.8, 4) is 0 Å². The third-order valence-electron chi connectivity index (χ3n) is 3.11. The van der Waals surface area contributed by atoms with Crippen LogP contribution in [0.25, 0.3) is 0 Å². The van der Waals surface area contributed by atoms with Crippen LogP contribution >= 0.6 is 33.9 Å². The van der Waals surface area contributed by atoms with Gasteiger partial charge in [-0.05, 0) is 66.3 Å². The SMILES string of the molecule is Cc1cc(I)ccc1N[C@H](C)C(=O)N/N=C\c1ccc([N+](=O)[O-])s1. The molecule has 0 bridgehead atoms. The summed E-state index contributed by atoms with van der Waals surface area (Å²) in [6.45, 7) is 3.70. The lowest BCUT2D eigenvalue weighted by Gasteiger charge is -2.15. The van der Waals surface area contributed by atoms with E-state index in [9.17, 15) is 14.9 Å². The molecule has 0 saturated heterocycles. The molecule has 0 aliphatic carbocycles. The molecule has 2 N–H and O–H groups in total. The average Bonchev–Trinajstić information content (AvgIpc) is 2.99. The first kappa shape index (κ1) is 18.3. The molecule has 126 valence electrons. The molecular formula is C15H15IN4O3S. The highest BCUT2D eigenvalue weighted by atomic mass is 127. The highest BCUT2D eigenvalue weighted by molar-refractivity contribution is 14.1. The van der Waals surface area contributed by atoms with Crippen molar-refractivity contribution in [3.63, 3.8) is 0 Å². The smallest absolute Gasteiger partial charge is 0.324 e. The molecule has 0 aliphatic rings. The van der Waals surface area contributed by atoms with Crippen LogP contribution in [0.15, 0.2) is 35.4 Å². The van der Waals surface area contributed by atoms with Crippen LogP contribution in [0.4, 0.5) is 10.7 Å². The summed E-state index contributed by atoms with van der Waals surface area (Å²) in [6.07, 6.45) is 1.39. The normalized spacial score (nSPS) is 12.1. The van der Waals surface area contributed by atoms with Crippen LogP contribution in [-0.2, 0) is 4.79 Å². The number of amides is 1. The molecular weight excluding hydrogens is 443 g/mol. The Bertz CT molecular complexity index is 791. The van der Waals surface area contributed by atoms with Crippen LogP contribution in [0.3, 0.4) is 0 Å². The van der Waals surface area contributed by atoms with Crippen LogP contribution in [0.1, 0.15) is 17.4 Å². The average molecular weight is 458 g/mol. The Kier molecular flexibility index (Phi) is 6.26. The van der Waals surface area contributed by atoms with E-state index in [-0.39, 0.29) is 10.9 Å². The number of rotatable bonds is 6. The molecule has 2 rings (SSSR count). The van der Waals surface area contributed by atoms with Crippen LogP contribution in [0.5, 0.6) is 0 Å². The molecule has 1 atom stereocenters. The Morgan fingerprint density at radius 1 is 1.42 bits per heavy atom. The van der Waals surface area contributed by atoms with E-state index in [4.69, 9.17) is 0 Å². The van der Waals surface area contributed by atoms with Crippen LogP contribution in [0, 0.1) is 20.6 Å². The number of anilines is 1. The van der Waals surface area contributed by atoms with E-state index in [2.05, 4.69) is 38.4 Å². The predicted molar refractivity (Wildman–Crippen MR) is 104 cm³/mol. The molecule has 1 amide bonds. The first-order valence-electron chi connectivity index (χ1n) is 6.96. The maximum Gasteiger partial charge on any atom is 0.324 e. The molecule has 0 radical (unpaired) electrons. The number of aryl methyl sites for hydroxylation is 1. The van der Waals surface area contributed by atoms with Gasteiger partial charge in [-0.25, -0.2) is 5.43 Å². The monoisotopic (exact) mass is 458 g/mol. The Hall–Kier alpha value is -2.01. The Morgan fingerprint density at radius 3 is 2.79 bits per heavy atom. The second kappa shape index (κ2) is 8.20. The molecule has 1 aromatic heterocycles. The molecule has 0 unspecified atom stereocenters. The first-order chi connectivity index (χ1) is 11.4. The number of benzene rings is 1. The van der Waals surface area contributed by atoms with Crippen molar-refractivity contribution in [1.29, 1.82) is 0 Å². The van der Waals surface area contributed by atoms with Gasteiger partial charge in [0.2, 0.25) is 0 Å². The summed E-state index contributed by atoms with van der Waals surface area (Å²) in [5, 5.41) is 17.6. The number of carbonyl (C=O) groups is 1. The lowest BCUT2D eigenvalue weighted by Crippen LogP contribution is -2.35. The van der Waals surface area contributed by atoms with Crippen LogP contribution in [0.2, 0.25) is 0 Å². The van der Waals surface area contributed by atoms with Crippen molar-refractivity contribution in [2.24, 2.45) is 5.10 Å². The number of thiophene rings is 1. The second-order valence-corrected chi connectivity index (χ2v) is 7.33. The summed E-state index contributed by atoms with van der Waals surface area (Å²) in [6, 6.07) is 8.41. The third-order valence-corrected chi connectivity index (χ3v) is 4.76. The van der Waals surface area contributed by atoms with Crippen LogP contribution in [-0.4, -0.2) is 23.1 Å². The maximum absolute atomic E-state index is 12.0. The number of nitro groups is 1. The molecule has 7 nitrogen and oxygen atoms in total. The molecule has 0 saturated carbocycles. The van der Waals surface area contributed by atoms with Crippen LogP contribution < -0.4 is 10.7 Å². The second-order valence-electron chi connectivity index (χ2n) is 4.99. The zero-order chi connectivity index (χ0) is 17.7. The van der Waals surface area contributed by atoms with E-state index in [1.165, 1.54) is 12.3 Å². The van der Waals surface area contributed by atoms with Gasteiger partial charge >= 0.3 is 5.00 Å². The molecule has 1 aromatic carbocycles. The maximum atomic E-state index is 12.0. The number of hydrazone groups is 1. The highest BCUT2D eigenvalue weighted by Crippen LogP contribution is 2.22. The van der Waals surface area contributed by atoms with Gasteiger partial charge < -0.3 is 5.32 Å². The van der Waals surface area contributed by atoms with E-state index in [0.717, 1.165) is 26.2 Å². The van der Waals surface area contributed by atoms with E-state index in [0.29, 0.717) is 4.88 Å². The van der Waals surface area contributed by atoms with Crippen molar-refractivity contribution in [2.75, 3.05) is 5.32 Å². The van der Waals surface area contributed by atoms with Gasteiger partial charge in [-0.15, -0.1) is 0 Å². The molecule has 9 heteroatoms. The lowest BCUT2D eigenvalue weighted by molar-refractivity contribution is -0.380. The van der Waals surface area contributed by atoms with Gasteiger partial charge in [0.25, 0.3) is 5.91 Å². The van der Waals surface area contributed by atoms with E-state index >= 15 is 0 Å². The fourth-order valence-electron chi connectivity index (χ4n) is 1.85. The summed E-state index contributed by atoms with van der Waals surface area (Å²) in [4.78, 5) is 22.8. The molecule has 24 heavy (non-hydrogen) atoms. The summed E-state index contributed by atoms with van der Waals surface area (Å²) in [5.41, 5.74) is 4.36. The third kappa shape index (κ3) is 4.99. The van der Waals surface area contributed by atoms with Gasteiger partial charge in [-0.3, -0.25) is 14.9 Å². The fraction of sp³-hybridized carbons (Fsp3) is 0.200. The minimum absolute atomic E-state index is 0.0343. The van der Waals surface area contributed by atoms with Gasteiger partial charge in [0, 0.05) is 15.3 Å². The number of hydrogen-bond donors (Lipinski definition) is 2. The van der Waals surface area contributed by atoms with Gasteiger partial charge in [0.1, 0.15) is 6.04 Å². The fourth-order valence-corrected chi connectivity index (χ4v) is 3.19. The molecule has 1 heterocycles. The predicted octanol–water partition coefficient (Wildman–Crippen LogP) is 3.52. The van der Waals surface area contributed by atoms with E-state index in [1.54, 1.807) is 13.0 Å². The van der Waals surface area contributed by atoms with Crippen molar-refractivity contribution in [1.82, 2.24) is 5.43 Å². The zero-order valence-electron chi connectivity index (χ0n) is 12.9. The minimum atomic E-state index is -0.474. The summed E-state index contributed by atoms with van der Waals surface area (Å²) in [7, 11) is 0. The summed E-state index contributed by atoms with van der Waals surface area (Å²) >= 11 is 3.22. The summed E-state index contributed by atoms with van der Waals surface area (Å²) in [5.74, 6) is -0.296. The van der Waals surface area contributed by atoms with Crippen molar-refractivity contribution < 1.29 is 9.72 Å². The number of nitrogens with one attached hydrogen (secondary N) is 2. The summed E-state index contributed by atoms with van der Waals surface area (Å²) < 4.78 is 1.13. The van der Waals surface area contributed by atoms with Crippen molar-refractivity contribution in [2.45, 2.75) is 19.9 Å². The molecule has 2 aromatic rings. The first-order valence-corrected chi connectivity index (χ1v) is 8.86. The van der Waals surface area contributed by atoms with Gasteiger partial charge in [-0.2, -0.15) is 5.10 Å². The number of nitrogens with zero attached hydrogens (tertiary/aromatic N) is 2. The Morgan fingerprint density at radius 2 is 2.17 bits per heavy atom. The number of carbonyl (C=O) groups excluding carboxylic acids is 1. The minimum Gasteiger partial charge on any atom is -0.374 e. The topological polar surface area (TPSA) is 96.6 Å². The molecule has 0 aliphatic heterocycles. The lowest BCUT2D eigenvalue weighted by atomic mass is 10.2. The largest absolute Gasteiger partial charge is 0.374 e. The molecule has 0 spiro atoms. The van der Waals surface area contributed by atoms with E-state index < -0.39 is 11.0 Å². The van der Waals surface area contributed by atoms with E-state index in [1.807, 2.05) is 25.1 Å². The number of halogens is 1. The number of hydrogen-bond acceptors (Lipinski definition) is 6. The highest BCUT2D eigenvalue weighted by Gasteiger charge is 2.13. The quantitative estimate of drug-likeness (QED) is 0.300. The molecule has 0 fully saturated rings.